The van der Waals surface area contributed by atoms with Crippen molar-refractivity contribution in [2.24, 2.45) is 0 Å². The quantitative estimate of drug-likeness (QED) is 0.478. The van der Waals surface area contributed by atoms with Crippen molar-refractivity contribution in [2.45, 2.75) is 38.8 Å². The van der Waals surface area contributed by atoms with Gasteiger partial charge in [-0.3, -0.25) is 9.59 Å². The van der Waals surface area contributed by atoms with Gasteiger partial charge in [-0.05, 0) is 55.4 Å². The van der Waals surface area contributed by atoms with Crippen LogP contribution < -0.4 is 0 Å². The largest absolute Gasteiger partial charge is 0.465 e. The molecule has 3 heterocycles. The van der Waals surface area contributed by atoms with Crippen molar-refractivity contribution >= 4 is 28.7 Å². The molecule has 3 aromatic rings. The van der Waals surface area contributed by atoms with Crippen LogP contribution in [0.3, 0.4) is 0 Å². The molecule has 194 valence electrons. The Morgan fingerprint density at radius 1 is 1.08 bits per heavy atom. The number of piperazine rings is 1. The average Bonchev–Trinajstić information content (AvgIpc) is 3.30. The Bertz CT molecular complexity index is 1310. The summed E-state index contributed by atoms with van der Waals surface area (Å²) in [4.78, 5) is 48.8. The van der Waals surface area contributed by atoms with Crippen molar-refractivity contribution in [1.29, 1.82) is 0 Å². The molecule has 8 heteroatoms. The van der Waals surface area contributed by atoms with Gasteiger partial charge in [0.15, 0.2) is 0 Å². The molecule has 1 unspecified atom stereocenters. The van der Waals surface area contributed by atoms with Crippen LogP contribution in [0.1, 0.15) is 53.5 Å². The Morgan fingerprint density at radius 2 is 1.81 bits per heavy atom. The maximum absolute atomic E-state index is 13.8. The van der Waals surface area contributed by atoms with Gasteiger partial charge in [-0.1, -0.05) is 44.2 Å². The number of aromatic amines is 1. The predicted octanol–water partition coefficient (Wildman–Crippen LogP) is 3.37. The maximum atomic E-state index is 13.8. The van der Waals surface area contributed by atoms with Gasteiger partial charge in [0.05, 0.1) is 25.3 Å². The minimum absolute atomic E-state index is 0.00580. The first-order valence-corrected chi connectivity index (χ1v) is 13.1. The SMILES string of the molecule is CCN(CC)CCCN1CC(=O)N2C(c3ccc(C(=O)OC)cc3)c3[nH]c4ccccc4c3C[C@H]2C1=O. The maximum Gasteiger partial charge on any atom is 0.337 e. The van der Waals surface area contributed by atoms with E-state index in [4.69, 9.17) is 4.74 Å². The molecule has 0 saturated carbocycles. The summed E-state index contributed by atoms with van der Waals surface area (Å²) in [6, 6.07) is 14.2. The third kappa shape index (κ3) is 4.50. The zero-order valence-corrected chi connectivity index (χ0v) is 21.7. The number of carbonyl (C=O) groups excluding carboxylic acids is 3. The van der Waals surface area contributed by atoms with E-state index in [0.717, 1.165) is 53.8 Å². The minimum Gasteiger partial charge on any atom is -0.465 e. The number of nitrogens with one attached hydrogen (secondary N) is 1. The minimum atomic E-state index is -0.563. The second-order valence-corrected chi connectivity index (χ2v) is 9.74. The summed E-state index contributed by atoms with van der Waals surface area (Å²) >= 11 is 0. The van der Waals surface area contributed by atoms with E-state index >= 15 is 0 Å². The van der Waals surface area contributed by atoms with Crippen LogP contribution in [0.25, 0.3) is 10.9 Å². The molecule has 1 aromatic heterocycles. The summed E-state index contributed by atoms with van der Waals surface area (Å²) in [5.74, 6) is -0.464. The topological polar surface area (TPSA) is 85.9 Å². The summed E-state index contributed by atoms with van der Waals surface area (Å²) in [6.07, 6.45) is 1.32. The first kappa shape index (κ1) is 25.0. The summed E-state index contributed by atoms with van der Waals surface area (Å²) in [5.41, 5.74) is 4.28. The number of rotatable bonds is 8. The molecule has 0 spiro atoms. The van der Waals surface area contributed by atoms with Crippen LogP contribution in [0.5, 0.6) is 0 Å². The molecule has 1 fully saturated rings. The highest BCUT2D eigenvalue weighted by atomic mass is 16.5. The highest BCUT2D eigenvalue weighted by Crippen LogP contribution is 2.42. The molecule has 5 rings (SSSR count). The molecule has 37 heavy (non-hydrogen) atoms. The lowest BCUT2D eigenvalue weighted by Gasteiger charge is -2.47. The van der Waals surface area contributed by atoms with E-state index < -0.39 is 18.1 Å². The zero-order valence-electron chi connectivity index (χ0n) is 21.7. The van der Waals surface area contributed by atoms with Gasteiger partial charge in [0.2, 0.25) is 11.8 Å². The van der Waals surface area contributed by atoms with Gasteiger partial charge in [0.1, 0.15) is 6.04 Å². The number of hydrogen-bond donors (Lipinski definition) is 1. The fourth-order valence-electron chi connectivity index (χ4n) is 5.80. The van der Waals surface area contributed by atoms with Gasteiger partial charge in [-0.15, -0.1) is 0 Å². The highest BCUT2D eigenvalue weighted by molar-refractivity contribution is 5.97. The van der Waals surface area contributed by atoms with Crippen molar-refractivity contribution in [1.82, 2.24) is 19.7 Å². The lowest BCUT2D eigenvalue weighted by Crippen LogP contribution is -2.63. The number of nitrogens with zero attached hydrogens (tertiary/aromatic N) is 3. The lowest BCUT2D eigenvalue weighted by molar-refractivity contribution is -0.158. The van der Waals surface area contributed by atoms with Crippen LogP contribution in [-0.2, 0) is 20.7 Å². The Balaban J connectivity index is 1.51. The van der Waals surface area contributed by atoms with Crippen LogP contribution in [0.15, 0.2) is 48.5 Å². The van der Waals surface area contributed by atoms with Crippen LogP contribution in [-0.4, -0.2) is 83.3 Å². The number of benzene rings is 2. The molecule has 0 bridgehead atoms. The number of H-pyrrole nitrogens is 1. The van der Waals surface area contributed by atoms with Crippen molar-refractivity contribution in [2.75, 3.05) is 39.8 Å². The number of esters is 1. The van der Waals surface area contributed by atoms with Gasteiger partial charge < -0.3 is 24.4 Å². The average molecular weight is 503 g/mol. The van der Waals surface area contributed by atoms with Crippen LogP contribution >= 0.6 is 0 Å². The predicted molar refractivity (Wildman–Crippen MR) is 141 cm³/mol. The number of amides is 2. The molecule has 2 aliphatic rings. The van der Waals surface area contributed by atoms with E-state index in [0.29, 0.717) is 18.5 Å². The number of para-hydroxylation sites is 1. The van der Waals surface area contributed by atoms with E-state index in [-0.39, 0.29) is 18.4 Å². The highest BCUT2D eigenvalue weighted by Gasteiger charge is 2.48. The Kier molecular flexibility index (Phi) is 7.02. The number of hydrogen-bond acceptors (Lipinski definition) is 5. The molecule has 0 aliphatic carbocycles. The summed E-state index contributed by atoms with van der Waals surface area (Å²) in [6.45, 7) is 7.77. The second-order valence-electron chi connectivity index (χ2n) is 9.74. The summed E-state index contributed by atoms with van der Waals surface area (Å²) in [7, 11) is 1.35. The van der Waals surface area contributed by atoms with E-state index in [1.165, 1.54) is 7.11 Å². The molecule has 2 atom stereocenters. The number of aromatic nitrogens is 1. The molecular formula is C29H34N4O4. The fraction of sp³-hybridized carbons (Fsp3) is 0.414. The van der Waals surface area contributed by atoms with Crippen LogP contribution in [0.4, 0.5) is 0 Å². The Hall–Kier alpha value is -3.65. The standard InChI is InChI=1S/C29H34N4O4/c1-4-31(5-2)15-8-16-32-18-25(34)33-24(28(32)35)17-22-21-9-6-7-10-23(21)30-26(22)27(33)19-11-13-20(14-12-19)29(36)37-3/h6-7,9-14,24,27,30H,4-5,8,15-18H2,1-3H3/t24-,27?/m0/s1. The molecule has 1 saturated heterocycles. The van der Waals surface area contributed by atoms with Crippen molar-refractivity contribution < 1.29 is 19.1 Å². The van der Waals surface area contributed by atoms with Crippen LogP contribution in [0.2, 0.25) is 0 Å². The lowest BCUT2D eigenvalue weighted by atomic mass is 9.86. The third-order valence-electron chi connectivity index (χ3n) is 7.79. The fourth-order valence-corrected chi connectivity index (χ4v) is 5.80. The Morgan fingerprint density at radius 3 is 2.51 bits per heavy atom. The number of methoxy groups -OCH3 is 1. The second kappa shape index (κ2) is 10.4. The molecule has 2 amide bonds. The molecule has 2 aromatic carbocycles. The molecule has 8 nitrogen and oxygen atoms in total. The van der Waals surface area contributed by atoms with E-state index in [1.54, 1.807) is 21.9 Å². The summed E-state index contributed by atoms with van der Waals surface area (Å²) in [5, 5.41) is 1.08. The smallest absolute Gasteiger partial charge is 0.337 e. The van der Waals surface area contributed by atoms with Gasteiger partial charge in [0, 0.05) is 29.6 Å². The van der Waals surface area contributed by atoms with Crippen LogP contribution in [0, 0.1) is 0 Å². The zero-order chi connectivity index (χ0) is 26.1. The van der Waals surface area contributed by atoms with Gasteiger partial charge in [0.25, 0.3) is 0 Å². The number of ether oxygens (including phenoxy) is 1. The van der Waals surface area contributed by atoms with Crippen molar-refractivity contribution in [3.05, 3.63) is 70.9 Å². The summed E-state index contributed by atoms with van der Waals surface area (Å²) < 4.78 is 4.84. The van der Waals surface area contributed by atoms with E-state index in [9.17, 15) is 14.4 Å². The molecular weight excluding hydrogens is 468 g/mol. The first-order valence-electron chi connectivity index (χ1n) is 13.1. The first-order chi connectivity index (χ1) is 18.0. The van der Waals surface area contributed by atoms with Crippen molar-refractivity contribution in [3.63, 3.8) is 0 Å². The normalized spacial score (nSPS) is 19.4. The number of carbonyl (C=O) groups is 3. The number of fused-ring (bicyclic) bond motifs is 4. The van der Waals surface area contributed by atoms with Gasteiger partial charge >= 0.3 is 5.97 Å². The Labute approximate surface area is 217 Å². The van der Waals surface area contributed by atoms with Gasteiger partial charge in [-0.25, -0.2) is 4.79 Å². The molecule has 1 N–H and O–H groups in total. The molecule has 0 radical (unpaired) electrons. The third-order valence-corrected chi connectivity index (χ3v) is 7.79. The van der Waals surface area contributed by atoms with Crippen molar-refractivity contribution in [3.8, 4) is 0 Å². The van der Waals surface area contributed by atoms with E-state index in [2.05, 4.69) is 29.8 Å². The molecule has 2 aliphatic heterocycles. The van der Waals surface area contributed by atoms with Gasteiger partial charge in [-0.2, -0.15) is 0 Å². The van der Waals surface area contributed by atoms with E-state index in [1.807, 2.05) is 30.3 Å². The monoisotopic (exact) mass is 502 g/mol.